The van der Waals surface area contributed by atoms with Crippen LogP contribution in [0.15, 0.2) is 28.0 Å². The Morgan fingerprint density at radius 3 is 2.85 bits per heavy atom. The maximum Gasteiger partial charge on any atom is 0.346 e. The van der Waals surface area contributed by atoms with Crippen LogP contribution in [-0.2, 0) is 17.6 Å². The molecule has 0 aliphatic heterocycles. The topological polar surface area (TPSA) is 93.3 Å². The number of nitrogens with zero attached hydrogens (tertiary/aromatic N) is 1. The molecule has 1 heterocycles. The van der Waals surface area contributed by atoms with Crippen molar-refractivity contribution in [3.63, 3.8) is 0 Å². The highest BCUT2D eigenvalue weighted by atomic mass is 32.2. The Labute approximate surface area is 155 Å². The number of H-pyrrole nitrogens is 1. The first-order valence-electron chi connectivity index (χ1n) is 8.37. The second kappa shape index (κ2) is 8.27. The maximum absolute atomic E-state index is 12.4. The number of rotatable bonds is 6. The highest BCUT2D eigenvalue weighted by Crippen LogP contribution is 2.30. The van der Waals surface area contributed by atoms with Crippen molar-refractivity contribution >= 4 is 23.4 Å². The molecule has 0 spiro atoms. The van der Waals surface area contributed by atoms with Crippen LogP contribution in [0.2, 0.25) is 0 Å². The zero-order valence-corrected chi connectivity index (χ0v) is 15.6. The SMILES string of the molecule is COc1ccc(OC)c(NC(=O)CSc2nc(=O)[nH]c3c2CCCC3)c1. The zero-order chi connectivity index (χ0) is 18.5. The lowest BCUT2D eigenvalue weighted by Crippen LogP contribution is -2.21. The van der Waals surface area contributed by atoms with Crippen molar-refractivity contribution in [2.75, 3.05) is 25.3 Å². The average molecular weight is 375 g/mol. The first-order valence-corrected chi connectivity index (χ1v) is 9.36. The van der Waals surface area contributed by atoms with E-state index in [1.807, 2.05) is 0 Å². The molecule has 8 heteroatoms. The number of hydrogen-bond donors (Lipinski definition) is 2. The van der Waals surface area contributed by atoms with Gasteiger partial charge < -0.3 is 19.8 Å². The maximum atomic E-state index is 12.4. The smallest absolute Gasteiger partial charge is 0.346 e. The number of ether oxygens (including phenoxy) is 2. The van der Waals surface area contributed by atoms with E-state index < -0.39 is 0 Å². The lowest BCUT2D eigenvalue weighted by atomic mass is 9.98. The number of aryl methyl sites for hydroxylation is 1. The Bertz CT molecular complexity index is 866. The molecule has 0 atom stereocenters. The summed E-state index contributed by atoms with van der Waals surface area (Å²) in [5.41, 5.74) is 2.20. The number of anilines is 1. The molecule has 1 aromatic carbocycles. The molecule has 3 rings (SSSR count). The molecule has 0 saturated carbocycles. The van der Waals surface area contributed by atoms with Crippen LogP contribution < -0.4 is 20.5 Å². The van der Waals surface area contributed by atoms with E-state index in [4.69, 9.17) is 9.47 Å². The molecule has 138 valence electrons. The van der Waals surface area contributed by atoms with Crippen LogP contribution in [0.5, 0.6) is 11.5 Å². The second-order valence-electron chi connectivity index (χ2n) is 5.91. The van der Waals surface area contributed by atoms with E-state index in [1.165, 1.54) is 11.8 Å². The molecule has 7 nitrogen and oxygen atoms in total. The summed E-state index contributed by atoms with van der Waals surface area (Å²) in [6, 6.07) is 5.20. The standard InChI is InChI=1S/C18H21N3O4S/c1-24-11-7-8-15(25-2)14(9-11)19-16(22)10-26-17-12-5-3-4-6-13(12)20-18(23)21-17/h7-9H,3-6,10H2,1-2H3,(H,19,22)(H,20,21,23). The number of fused-ring (bicyclic) bond motifs is 1. The molecule has 1 aliphatic carbocycles. The Balaban J connectivity index is 1.70. The minimum absolute atomic E-state index is 0.156. The Kier molecular flexibility index (Phi) is 5.82. The van der Waals surface area contributed by atoms with Crippen molar-refractivity contribution in [1.82, 2.24) is 9.97 Å². The van der Waals surface area contributed by atoms with Gasteiger partial charge in [0.1, 0.15) is 16.5 Å². The Morgan fingerprint density at radius 1 is 1.27 bits per heavy atom. The second-order valence-corrected chi connectivity index (χ2v) is 6.88. The molecule has 1 aliphatic rings. The van der Waals surface area contributed by atoms with Crippen molar-refractivity contribution in [3.8, 4) is 11.5 Å². The van der Waals surface area contributed by atoms with Crippen molar-refractivity contribution in [3.05, 3.63) is 39.9 Å². The summed E-state index contributed by atoms with van der Waals surface area (Å²) in [5.74, 6) is 1.13. The van der Waals surface area contributed by atoms with Gasteiger partial charge in [-0.05, 0) is 37.8 Å². The van der Waals surface area contributed by atoms with Gasteiger partial charge in [0.05, 0.1) is 25.7 Å². The first kappa shape index (κ1) is 18.3. The third-order valence-electron chi connectivity index (χ3n) is 4.21. The van der Waals surface area contributed by atoms with E-state index in [2.05, 4.69) is 15.3 Å². The lowest BCUT2D eigenvalue weighted by molar-refractivity contribution is -0.113. The van der Waals surface area contributed by atoms with Crippen molar-refractivity contribution in [2.45, 2.75) is 30.7 Å². The third kappa shape index (κ3) is 4.19. The van der Waals surface area contributed by atoms with E-state index in [0.717, 1.165) is 36.9 Å². The van der Waals surface area contributed by atoms with Crippen LogP contribution in [-0.4, -0.2) is 35.8 Å². The number of methoxy groups -OCH3 is 2. The fourth-order valence-electron chi connectivity index (χ4n) is 2.95. The molecular weight excluding hydrogens is 354 g/mol. The molecule has 0 radical (unpaired) electrons. The van der Waals surface area contributed by atoms with E-state index in [0.29, 0.717) is 22.2 Å². The lowest BCUT2D eigenvalue weighted by Gasteiger charge is -2.17. The summed E-state index contributed by atoms with van der Waals surface area (Å²) >= 11 is 1.28. The van der Waals surface area contributed by atoms with Crippen LogP contribution in [0.1, 0.15) is 24.1 Å². The number of benzene rings is 1. The molecule has 0 bridgehead atoms. The highest BCUT2D eigenvalue weighted by Gasteiger charge is 2.18. The summed E-state index contributed by atoms with van der Waals surface area (Å²) < 4.78 is 10.4. The van der Waals surface area contributed by atoms with E-state index in [1.54, 1.807) is 32.4 Å². The number of amides is 1. The summed E-state index contributed by atoms with van der Waals surface area (Å²) in [7, 11) is 3.10. The van der Waals surface area contributed by atoms with Crippen molar-refractivity contribution < 1.29 is 14.3 Å². The molecule has 0 fully saturated rings. The van der Waals surface area contributed by atoms with Gasteiger partial charge in [-0.25, -0.2) is 4.79 Å². The van der Waals surface area contributed by atoms with E-state index in [9.17, 15) is 9.59 Å². The molecule has 1 amide bonds. The fraction of sp³-hybridized carbons (Fsp3) is 0.389. The number of aromatic nitrogens is 2. The van der Waals surface area contributed by atoms with Gasteiger partial charge in [0, 0.05) is 17.3 Å². The van der Waals surface area contributed by atoms with Crippen molar-refractivity contribution in [1.29, 1.82) is 0 Å². The third-order valence-corrected chi connectivity index (χ3v) is 5.23. The average Bonchev–Trinajstić information content (AvgIpc) is 2.65. The predicted molar refractivity (Wildman–Crippen MR) is 100 cm³/mol. The predicted octanol–water partition coefficient (Wildman–Crippen LogP) is 2.40. The van der Waals surface area contributed by atoms with E-state index in [-0.39, 0.29) is 17.3 Å². The van der Waals surface area contributed by atoms with Gasteiger partial charge in [0.2, 0.25) is 5.91 Å². The van der Waals surface area contributed by atoms with Crippen LogP contribution in [0, 0.1) is 0 Å². The largest absolute Gasteiger partial charge is 0.497 e. The van der Waals surface area contributed by atoms with Gasteiger partial charge in [-0.2, -0.15) is 4.98 Å². The fourth-order valence-corrected chi connectivity index (χ4v) is 3.83. The van der Waals surface area contributed by atoms with Crippen LogP contribution in [0.4, 0.5) is 5.69 Å². The normalized spacial score (nSPS) is 13.0. The summed E-state index contributed by atoms with van der Waals surface area (Å²) in [5, 5.41) is 3.47. The molecule has 1 aromatic heterocycles. The van der Waals surface area contributed by atoms with Gasteiger partial charge >= 0.3 is 5.69 Å². The highest BCUT2D eigenvalue weighted by molar-refractivity contribution is 8.00. The molecular formula is C18H21N3O4S. The molecule has 2 N–H and O–H groups in total. The number of carbonyl (C=O) groups is 1. The van der Waals surface area contributed by atoms with Gasteiger partial charge in [-0.1, -0.05) is 11.8 Å². The molecule has 0 unspecified atom stereocenters. The quantitative estimate of drug-likeness (QED) is 0.595. The number of thioether (sulfide) groups is 1. The molecule has 26 heavy (non-hydrogen) atoms. The summed E-state index contributed by atoms with van der Waals surface area (Å²) in [4.78, 5) is 31.0. The summed E-state index contributed by atoms with van der Waals surface area (Å²) in [6.07, 6.45) is 3.87. The Hall–Kier alpha value is -2.48. The van der Waals surface area contributed by atoms with Gasteiger partial charge in [-0.15, -0.1) is 0 Å². The molecule has 2 aromatic rings. The van der Waals surface area contributed by atoms with Crippen LogP contribution in [0.3, 0.4) is 0 Å². The number of hydrogen-bond acceptors (Lipinski definition) is 6. The molecule has 0 saturated heterocycles. The Morgan fingerprint density at radius 2 is 2.08 bits per heavy atom. The zero-order valence-electron chi connectivity index (χ0n) is 14.8. The van der Waals surface area contributed by atoms with E-state index >= 15 is 0 Å². The van der Waals surface area contributed by atoms with Crippen molar-refractivity contribution in [2.24, 2.45) is 0 Å². The van der Waals surface area contributed by atoms with Gasteiger partial charge in [0.25, 0.3) is 0 Å². The van der Waals surface area contributed by atoms with Gasteiger partial charge in [-0.3, -0.25) is 4.79 Å². The number of aromatic amines is 1. The number of nitrogens with one attached hydrogen (secondary N) is 2. The summed E-state index contributed by atoms with van der Waals surface area (Å²) in [6.45, 7) is 0. The minimum Gasteiger partial charge on any atom is -0.497 e. The van der Waals surface area contributed by atoms with Crippen LogP contribution in [0.25, 0.3) is 0 Å². The van der Waals surface area contributed by atoms with Crippen LogP contribution >= 0.6 is 11.8 Å². The monoisotopic (exact) mass is 375 g/mol. The minimum atomic E-state index is -0.358. The number of carbonyl (C=O) groups excluding carboxylic acids is 1. The first-order chi connectivity index (χ1) is 12.6. The van der Waals surface area contributed by atoms with Gasteiger partial charge in [0.15, 0.2) is 0 Å².